The molecule has 1 rings (SSSR count). The monoisotopic (exact) mass is 258 g/mol. The summed E-state index contributed by atoms with van der Waals surface area (Å²) in [5.74, 6) is -0.735. The minimum Gasteiger partial charge on any atom is -0.481 e. The van der Waals surface area contributed by atoms with Crippen molar-refractivity contribution < 1.29 is 19.4 Å². The standard InChI is InChI=1S/C12H22N2O4/c1-12(2,8-18-3)13-11(17)14-5-4-9(7-14)6-10(15)16/h9H,4-8H2,1-3H3,(H,13,17)(H,15,16). The molecule has 1 aliphatic rings. The summed E-state index contributed by atoms with van der Waals surface area (Å²) in [7, 11) is 1.59. The van der Waals surface area contributed by atoms with E-state index in [2.05, 4.69) is 5.32 Å². The van der Waals surface area contributed by atoms with E-state index in [1.807, 2.05) is 13.8 Å². The molecule has 0 saturated carbocycles. The second-order valence-corrected chi connectivity index (χ2v) is 5.45. The van der Waals surface area contributed by atoms with Gasteiger partial charge in [-0.15, -0.1) is 0 Å². The van der Waals surface area contributed by atoms with Crippen molar-refractivity contribution in [2.24, 2.45) is 5.92 Å². The second kappa shape index (κ2) is 6.04. The minimum atomic E-state index is -0.804. The minimum absolute atomic E-state index is 0.0683. The number of nitrogens with one attached hydrogen (secondary N) is 1. The fourth-order valence-electron chi connectivity index (χ4n) is 2.20. The summed E-state index contributed by atoms with van der Waals surface area (Å²) in [4.78, 5) is 24.3. The number of carbonyl (C=O) groups is 2. The smallest absolute Gasteiger partial charge is 0.317 e. The first-order valence-corrected chi connectivity index (χ1v) is 6.12. The highest BCUT2D eigenvalue weighted by atomic mass is 16.5. The van der Waals surface area contributed by atoms with Crippen molar-refractivity contribution in [1.82, 2.24) is 10.2 Å². The first-order valence-electron chi connectivity index (χ1n) is 6.12. The Morgan fingerprint density at radius 1 is 1.50 bits per heavy atom. The lowest BCUT2D eigenvalue weighted by atomic mass is 10.1. The van der Waals surface area contributed by atoms with Crippen LogP contribution in [0.3, 0.4) is 0 Å². The second-order valence-electron chi connectivity index (χ2n) is 5.45. The topological polar surface area (TPSA) is 78.9 Å². The number of aliphatic carboxylic acids is 1. The van der Waals surface area contributed by atoms with Crippen LogP contribution in [0.25, 0.3) is 0 Å². The summed E-state index contributed by atoms with van der Waals surface area (Å²) >= 11 is 0. The van der Waals surface area contributed by atoms with Gasteiger partial charge in [-0.2, -0.15) is 0 Å². The average Bonchev–Trinajstić information content (AvgIpc) is 2.64. The average molecular weight is 258 g/mol. The quantitative estimate of drug-likeness (QED) is 0.768. The van der Waals surface area contributed by atoms with E-state index in [1.165, 1.54) is 0 Å². The molecule has 0 bridgehead atoms. The summed E-state index contributed by atoms with van der Waals surface area (Å²) in [6.45, 7) is 5.34. The molecular formula is C12H22N2O4. The van der Waals surface area contributed by atoms with E-state index in [0.717, 1.165) is 6.42 Å². The highest BCUT2D eigenvalue weighted by Gasteiger charge is 2.30. The molecule has 0 aromatic heterocycles. The van der Waals surface area contributed by atoms with Crippen LogP contribution in [0.4, 0.5) is 4.79 Å². The predicted octanol–water partition coefficient (Wildman–Crippen LogP) is 0.918. The van der Waals surface area contributed by atoms with Crippen molar-refractivity contribution in [3.8, 4) is 0 Å². The van der Waals surface area contributed by atoms with Crippen LogP contribution in [0.15, 0.2) is 0 Å². The number of carboxylic acid groups (broad SMARTS) is 1. The molecule has 18 heavy (non-hydrogen) atoms. The lowest BCUT2D eigenvalue weighted by Gasteiger charge is -2.28. The van der Waals surface area contributed by atoms with Crippen LogP contribution in [0, 0.1) is 5.92 Å². The Bertz CT molecular complexity index is 317. The van der Waals surface area contributed by atoms with Gasteiger partial charge in [-0.05, 0) is 26.2 Å². The van der Waals surface area contributed by atoms with Gasteiger partial charge in [-0.1, -0.05) is 0 Å². The highest BCUT2D eigenvalue weighted by Crippen LogP contribution is 2.20. The molecule has 6 heteroatoms. The molecule has 1 heterocycles. The number of nitrogens with zero attached hydrogens (tertiary/aromatic N) is 1. The van der Waals surface area contributed by atoms with Gasteiger partial charge in [0.15, 0.2) is 0 Å². The molecule has 0 aromatic carbocycles. The summed E-state index contributed by atoms with van der Waals surface area (Å²) in [6.07, 6.45) is 0.885. The van der Waals surface area contributed by atoms with E-state index < -0.39 is 11.5 Å². The van der Waals surface area contributed by atoms with Gasteiger partial charge in [0.1, 0.15) is 0 Å². The first-order chi connectivity index (χ1) is 8.34. The van der Waals surface area contributed by atoms with Gasteiger partial charge in [-0.25, -0.2) is 4.79 Å². The Hall–Kier alpha value is -1.30. The molecule has 1 fully saturated rings. The van der Waals surface area contributed by atoms with Crippen molar-refractivity contribution in [2.75, 3.05) is 26.8 Å². The zero-order valence-corrected chi connectivity index (χ0v) is 11.2. The summed E-state index contributed by atoms with van der Waals surface area (Å²) in [5.41, 5.74) is -0.420. The lowest BCUT2D eigenvalue weighted by molar-refractivity contribution is -0.138. The molecule has 2 amide bonds. The molecule has 2 N–H and O–H groups in total. The van der Waals surface area contributed by atoms with Crippen LogP contribution in [0.2, 0.25) is 0 Å². The third-order valence-electron chi connectivity index (χ3n) is 2.99. The van der Waals surface area contributed by atoms with Crippen molar-refractivity contribution in [3.63, 3.8) is 0 Å². The Balaban J connectivity index is 2.42. The maximum atomic E-state index is 12.0. The number of likely N-dealkylation sites (tertiary alicyclic amines) is 1. The van der Waals surface area contributed by atoms with Gasteiger partial charge in [-0.3, -0.25) is 4.79 Å². The van der Waals surface area contributed by atoms with Gasteiger partial charge < -0.3 is 20.1 Å². The number of ether oxygens (including phenoxy) is 1. The first kappa shape index (κ1) is 14.8. The molecule has 1 unspecified atom stereocenters. The van der Waals surface area contributed by atoms with Crippen LogP contribution in [-0.2, 0) is 9.53 Å². The van der Waals surface area contributed by atoms with Crippen molar-refractivity contribution in [1.29, 1.82) is 0 Å². The summed E-state index contributed by atoms with van der Waals surface area (Å²) < 4.78 is 5.03. The zero-order valence-electron chi connectivity index (χ0n) is 11.2. The highest BCUT2D eigenvalue weighted by molar-refractivity contribution is 5.75. The van der Waals surface area contributed by atoms with Crippen molar-refractivity contribution >= 4 is 12.0 Å². The number of carboxylic acids is 1. The number of rotatable bonds is 5. The summed E-state index contributed by atoms with van der Waals surface area (Å²) in [5, 5.41) is 11.6. The number of methoxy groups -OCH3 is 1. The molecular weight excluding hydrogens is 236 g/mol. The third-order valence-corrected chi connectivity index (χ3v) is 2.99. The Morgan fingerprint density at radius 3 is 2.72 bits per heavy atom. The maximum Gasteiger partial charge on any atom is 0.317 e. The molecule has 1 atom stereocenters. The largest absolute Gasteiger partial charge is 0.481 e. The SMILES string of the molecule is COCC(C)(C)NC(=O)N1CCC(CC(=O)O)C1. The maximum absolute atomic E-state index is 12.0. The van der Waals surface area contributed by atoms with Crippen LogP contribution < -0.4 is 5.32 Å². The van der Waals surface area contributed by atoms with E-state index >= 15 is 0 Å². The zero-order chi connectivity index (χ0) is 13.8. The van der Waals surface area contributed by atoms with E-state index in [0.29, 0.717) is 19.7 Å². The van der Waals surface area contributed by atoms with Gasteiger partial charge in [0.05, 0.1) is 12.1 Å². The van der Waals surface area contributed by atoms with E-state index in [9.17, 15) is 9.59 Å². The Morgan fingerprint density at radius 2 is 2.17 bits per heavy atom. The molecule has 6 nitrogen and oxygen atoms in total. The van der Waals surface area contributed by atoms with Crippen LogP contribution in [0.1, 0.15) is 26.7 Å². The number of hydrogen-bond acceptors (Lipinski definition) is 3. The molecule has 1 saturated heterocycles. The summed E-state index contributed by atoms with van der Waals surface area (Å²) in [6, 6.07) is -0.148. The van der Waals surface area contributed by atoms with Gasteiger partial charge in [0, 0.05) is 26.6 Å². The van der Waals surface area contributed by atoms with Crippen LogP contribution in [0.5, 0.6) is 0 Å². The van der Waals surface area contributed by atoms with Crippen LogP contribution in [-0.4, -0.2) is 54.4 Å². The molecule has 0 aromatic rings. The van der Waals surface area contributed by atoms with Crippen molar-refractivity contribution in [2.45, 2.75) is 32.2 Å². The molecule has 1 aliphatic heterocycles. The third kappa shape index (κ3) is 4.52. The van der Waals surface area contributed by atoms with Crippen molar-refractivity contribution in [3.05, 3.63) is 0 Å². The molecule has 104 valence electrons. The number of hydrogen-bond donors (Lipinski definition) is 2. The number of carbonyl (C=O) groups excluding carboxylic acids is 1. The van der Waals surface area contributed by atoms with Gasteiger partial charge >= 0.3 is 12.0 Å². The molecule has 0 spiro atoms. The lowest BCUT2D eigenvalue weighted by Crippen LogP contribution is -2.51. The van der Waals surface area contributed by atoms with E-state index in [1.54, 1.807) is 12.0 Å². The number of urea groups is 1. The Kier molecular flexibility index (Phi) is 4.95. The van der Waals surface area contributed by atoms with Gasteiger partial charge in [0.2, 0.25) is 0 Å². The Labute approximate surface area is 107 Å². The van der Waals surface area contributed by atoms with Crippen LogP contribution >= 0.6 is 0 Å². The van der Waals surface area contributed by atoms with E-state index in [-0.39, 0.29) is 18.4 Å². The molecule has 0 aliphatic carbocycles. The normalized spacial score (nSPS) is 19.9. The fraction of sp³-hybridized carbons (Fsp3) is 0.833. The fourth-order valence-corrected chi connectivity index (χ4v) is 2.20. The van der Waals surface area contributed by atoms with Gasteiger partial charge in [0.25, 0.3) is 0 Å². The number of amides is 2. The molecule has 0 radical (unpaired) electrons. The van der Waals surface area contributed by atoms with E-state index in [4.69, 9.17) is 9.84 Å². The predicted molar refractivity (Wildman–Crippen MR) is 66.4 cm³/mol.